The number of ether oxygens (including phenoxy) is 2. The van der Waals surface area contributed by atoms with Gasteiger partial charge < -0.3 is 19.6 Å². The summed E-state index contributed by atoms with van der Waals surface area (Å²) >= 11 is 0. The summed E-state index contributed by atoms with van der Waals surface area (Å²) in [5.74, 6) is 0. The van der Waals surface area contributed by atoms with Crippen LogP contribution in [-0.2, 0) is 13.9 Å². The molecule has 19 heavy (non-hydrogen) atoms. The highest BCUT2D eigenvalue weighted by molar-refractivity contribution is 6.74. The summed E-state index contributed by atoms with van der Waals surface area (Å²) in [4.78, 5) is 0. The van der Waals surface area contributed by atoms with E-state index in [1.54, 1.807) is 0 Å². The van der Waals surface area contributed by atoms with Crippen LogP contribution < -0.4 is 5.73 Å². The summed E-state index contributed by atoms with van der Waals surface area (Å²) in [5.41, 5.74) is 6.06. The topological polar surface area (TPSA) is 53.7 Å². The minimum atomic E-state index is -2.08. The van der Waals surface area contributed by atoms with Gasteiger partial charge in [-0.25, -0.2) is 4.39 Å². The molecule has 5 atom stereocenters. The van der Waals surface area contributed by atoms with Crippen LogP contribution in [0.15, 0.2) is 0 Å². The van der Waals surface area contributed by atoms with Crippen molar-refractivity contribution in [2.24, 2.45) is 5.73 Å². The summed E-state index contributed by atoms with van der Waals surface area (Å²) in [7, 11) is -0.644. The maximum atomic E-state index is 14.4. The first kappa shape index (κ1) is 17.0. The van der Waals surface area contributed by atoms with Crippen LogP contribution in [0, 0.1) is 0 Å². The molecular weight excluding hydrogens is 265 g/mol. The standard InChI is InChI=1S/C13H28FNO3Si/c1-8-10(15)11(9(14)12(16-5)17-8)18-19(6,7)13(2,3)4/h8-12H,15H2,1-7H3. The van der Waals surface area contributed by atoms with Gasteiger partial charge in [0.15, 0.2) is 20.8 Å². The smallest absolute Gasteiger partial charge is 0.192 e. The van der Waals surface area contributed by atoms with Crippen molar-refractivity contribution in [2.75, 3.05) is 7.11 Å². The summed E-state index contributed by atoms with van der Waals surface area (Å²) in [6.45, 7) is 12.4. The molecule has 1 saturated heterocycles. The quantitative estimate of drug-likeness (QED) is 0.812. The van der Waals surface area contributed by atoms with Gasteiger partial charge in [-0.05, 0) is 25.1 Å². The van der Waals surface area contributed by atoms with Crippen molar-refractivity contribution in [1.82, 2.24) is 0 Å². The van der Waals surface area contributed by atoms with Crippen LogP contribution in [-0.4, -0.2) is 46.1 Å². The fraction of sp³-hybridized carbons (Fsp3) is 1.00. The maximum Gasteiger partial charge on any atom is 0.192 e. The predicted octanol–water partition coefficient (Wildman–Crippen LogP) is 2.43. The lowest BCUT2D eigenvalue weighted by Crippen LogP contribution is -2.63. The average Bonchev–Trinajstić information content (AvgIpc) is 2.27. The molecule has 114 valence electrons. The van der Waals surface area contributed by atoms with E-state index in [0.29, 0.717) is 0 Å². The summed E-state index contributed by atoms with van der Waals surface area (Å²) < 4.78 is 31.0. The first-order valence-electron chi connectivity index (χ1n) is 6.77. The van der Waals surface area contributed by atoms with Gasteiger partial charge in [0.05, 0.1) is 18.2 Å². The second kappa shape index (κ2) is 5.77. The van der Waals surface area contributed by atoms with Crippen LogP contribution in [0.3, 0.4) is 0 Å². The first-order chi connectivity index (χ1) is 8.51. The van der Waals surface area contributed by atoms with E-state index in [9.17, 15) is 4.39 Å². The molecule has 2 N–H and O–H groups in total. The Kier molecular flexibility index (Phi) is 5.18. The Hall–Kier alpha value is -0.0131. The van der Waals surface area contributed by atoms with E-state index in [2.05, 4.69) is 33.9 Å². The van der Waals surface area contributed by atoms with E-state index < -0.39 is 32.9 Å². The number of hydrogen-bond donors (Lipinski definition) is 1. The molecule has 0 aromatic heterocycles. The molecular formula is C13H28FNO3Si. The second-order valence-electron chi connectivity index (χ2n) is 6.81. The van der Waals surface area contributed by atoms with Crippen LogP contribution in [0.4, 0.5) is 4.39 Å². The molecule has 0 bridgehead atoms. The van der Waals surface area contributed by atoms with Gasteiger partial charge in [-0.2, -0.15) is 0 Å². The highest BCUT2D eigenvalue weighted by atomic mass is 28.4. The van der Waals surface area contributed by atoms with Crippen molar-refractivity contribution in [2.45, 2.75) is 76.5 Å². The number of rotatable bonds is 3. The molecule has 1 aliphatic rings. The monoisotopic (exact) mass is 293 g/mol. The maximum absolute atomic E-state index is 14.4. The van der Waals surface area contributed by atoms with E-state index >= 15 is 0 Å². The highest BCUT2D eigenvalue weighted by Crippen LogP contribution is 2.39. The van der Waals surface area contributed by atoms with Gasteiger partial charge >= 0.3 is 0 Å². The van der Waals surface area contributed by atoms with Crippen LogP contribution in [0.2, 0.25) is 18.1 Å². The zero-order valence-electron chi connectivity index (χ0n) is 13.1. The van der Waals surface area contributed by atoms with E-state index in [1.807, 2.05) is 6.92 Å². The molecule has 0 aromatic rings. The largest absolute Gasteiger partial charge is 0.409 e. The third-order valence-electron chi connectivity index (χ3n) is 4.31. The lowest BCUT2D eigenvalue weighted by Gasteiger charge is -2.46. The lowest BCUT2D eigenvalue weighted by molar-refractivity contribution is -0.239. The van der Waals surface area contributed by atoms with E-state index in [4.69, 9.17) is 19.6 Å². The Morgan fingerprint density at radius 2 is 1.79 bits per heavy atom. The zero-order valence-corrected chi connectivity index (χ0v) is 14.1. The number of nitrogens with two attached hydrogens (primary N) is 1. The van der Waals surface area contributed by atoms with Gasteiger partial charge in [0, 0.05) is 7.11 Å². The molecule has 1 aliphatic heterocycles. The van der Waals surface area contributed by atoms with Crippen molar-refractivity contribution in [3.8, 4) is 0 Å². The Bertz CT molecular complexity index is 309. The lowest BCUT2D eigenvalue weighted by atomic mass is 9.99. The van der Waals surface area contributed by atoms with Crippen molar-refractivity contribution >= 4 is 8.32 Å². The van der Waals surface area contributed by atoms with Crippen LogP contribution in [0.25, 0.3) is 0 Å². The molecule has 4 nitrogen and oxygen atoms in total. The number of halogens is 1. The minimum absolute atomic E-state index is 0.0105. The Morgan fingerprint density at radius 1 is 1.26 bits per heavy atom. The second-order valence-corrected chi connectivity index (χ2v) is 11.6. The molecule has 1 rings (SSSR count). The van der Waals surface area contributed by atoms with E-state index in [0.717, 1.165) is 0 Å². The first-order valence-corrected chi connectivity index (χ1v) is 9.68. The van der Waals surface area contributed by atoms with Crippen molar-refractivity contribution in [3.05, 3.63) is 0 Å². The SMILES string of the molecule is COC1OC(C)C(N)C(O[Si](C)(C)C(C)(C)C)C1F. The van der Waals surface area contributed by atoms with Crippen molar-refractivity contribution in [1.29, 1.82) is 0 Å². The Morgan fingerprint density at radius 3 is 2.21 bits per heavy atom. The molecule has 1 fully saturated rings. The molecule has 0 aromatic carbocycles. The third-order valence-corrected chi connectivity index (χ3v) is 8.79. The normalized spacial score (nSPS) is 37.4. The van der Waals surface area contributed by atoms with Gasteiger partial charge in [-0.3, -0.25) is 0 Å². The van der Waals surface area contributed by atoms with Gasteiger partial charge in [0.25, 0.3) is 0 Å². The molecule has 0 aliphatic carbocycles. The van der Waals surface area contributed by atoms with E-state index in [-0.39, 0.29) is 11.1 Å². The fourth-order valence-corrected chi connectivity index (χ4v) is 3.18. The molecule has 1 heterocycles. The molecule has 6 heteroatoms. The summed E-state index contributed by atoms with van der Waals surface area (Å²) in [6.07, 6.45) is -3.21. The van der Waals surface area contributed by atoms with Gasteiger partial charge in [0.1, 0.15) is 0 Å². The summed E-state index contributed by atoms with van der Waals surface area (Å²) in [6, 6.07) is -0.476. The molecule has 0 amide bonds. The van der Waals surface area contributed by atoms with Gasteiger partial charge in [-0.1, -0.05) is 20.8 Å². The van der Waals surface area contributed by atoms with Crippen molar-refractivity contribution < 1.29 is 18.3 Å². The molecule has 0 saturated carbocycles. The number of methoxy groups -OCH3 is 1. The fourth-order valence-electron chi connectivity index (χ4n) is 1.86. The molecule has 0 radical (unpaired) electrons. The number of alkyl halides is 1. The minimum Gasteiger partial charge on any atom is -0.409 e. The Balaban J connectivity index is 2.90. The average molecular weight is 293 g/mol. The van der Waals surface area contributed by atoms with Crippen LogP contribution >= 0.6 is 0 Å². The van der Waals surface area contributed by atoms with Gasteiger partial charge in [-0.15, -0.1) is 0 Å². The van der Waals surface area contributed by atoms with Gasteiger partial charge in [0.2, 0.25) is 0 Å². The Labute approximate surface area is 116 Å². The summed E-state index contributed by atoms with van der Waals surface area (Å²) in [5, 5.41) is 0.0105. The van der Waals surface area contributed by atoms with Crippen LogP contribution in [0.5, 0.6) is 0 Å². The third kappa shape index (κ3) is 3.55. The molecule has 5 unspecified atom stereocenters. The van der Waals surface area contributed by atoms with E-state index in [1.165, 1.54) is 7.11 Å². The van der Waals surface area contributed by atoms with Crippen molar-refractivity contribution in [3.63, 3.8) is 0 Å². The van der Waals surface area contributed by atoms with Crippen LogP contribution in [0.1, 0.15) is 27.7 Å². The zero-order chi connectivity index (χ0) is 15.0. The molecule has 0 spiro atoms. The number of hydrogen-bond acceptors (Lipinski definition) is 4. The predicted molar refractivity (Wildman–Crippen MR) is 76.3 cm³/mol. The highest BCUT2D eigenvalue weighted by Gasteiger charge is 2.49.